The zero-order chi connectivity index (χ0) is 44.1. The molecule has 13 heteroatoms. The second-order valence-corrected chi connectivity index (χ2v) is 17.2. The summed E-state index contributed by atoms with van der Waals surface area (Å²) >= 11 is 0. The van der Waals surface area contributed by atoms with Crippen LogP contribution in [-0.2, 0) is 38.7 Å². The maximum absolute atomic E-state index is 12.8. The number of hydrogen-bond acceptors (Lipinski definition) is 11. The lowest BCUT2D eigenvalue weighted by Crippen LogP contribution is -2.60. The number of unbranched alkanes of at least 4 members (excludes halogenated alkanes) is 15. The standard InChI is InChI=1S/C47H80O12S/c1-3-5-7-9-11-13-15-17-19-20-22-24-26-28-30-32-34-36-43(49)58-40(38-57-47-46(52)45(51)44(50)41(59-47)39-60(53,54)55)37-56-42(48)35-33-31-29-27-25-23-21-18-16-14-12-10-8-6-4-2/h7,9,13,15,19-20,24-27,40-41,44-47,50-52H,3-6,8,10-12,14,16-18,21-23,28-39H2,1-2H3,(H,53,54,55)/b9-7+,15-13+,20-19+,26-24+,27-25+/t40-,41-,44-,45?,46?,47+/m1/s1. The Morgan fingerprint density at radius 3 is 1.60 bits per heavy atom. The molecule has 1 aliphatic rings. The van der Waals surface area contributed by atoms with Crippen LogP contribution < -0.4 is 0 Å². The lowest BCUT2D eigenvalue weighted by molar-refractivity contribution is -0.297. The molecule has 1 saturated heterocycles. The van der Waals surface area contributed by atoms with Crippen molar-refractivity contribution in [3.8, 4) is 0 Å². The summed E-state index contributed by atoms with van der Waals surface area (Å²) in [6, 6.07) is 0. The van der Waals surface area contributed by atoms with Gasteiger partial charge in [-0.2, -0.15) is 8.42 Å². The highest BCUT2D eigenvalue weighted by atomic mass is 32.2. The minimum Gasteiger partial charge on any atom is -0.462 e. The molecule has 1 rings (SSSR count). The Balaban J connectivity index is 2.49. The molecule has 0 amide bonds. The summed E-state index contributed by atoms with van der Waals surface area (Å²) in [5.41, 5.74) is 0. The van der Waals surface area contributed by atoms with Crippen molar-refractivity contribution >= 4 is 22.1 Å². The number of hydrogen-bond donors (Lipinski definition) is 4. The molecule has 4 N–H and O–H groups in total. The van der Waals surface area contributed by atoms with Crippen molar-refractivity contribution in [1.29, 1.82) is 0 Å². The second-order valence-electron chi connectivity index (χ2n) is 15.7. The lowest BCUT2D eigenvalue weighted by Gasteiger charge is -2.40. The molecular weight excluding hydrogens is 789 g/mol. The molecule has 0 bridgehead atoms. The first kappa shape index (κ1) is 55.4. The maximum Gasteiger partial charge on any atom is 0.306 e. The Hall–Kier alpha value is -2.65. The largest absolute Gasteiger partial charge is 0.462 e. The molecule has 346 valence electrons. The van der Waals surface area contributed by atoms with E-state index in [4.69, 9.17) is 18.9 Å². The zero-order valence-electron chi connectivity index (χ0n) is 36.8. The maximum atomic E-state index is 12.8. The van der Waals surface area contributed by atoms with Gasteiger partial charge in [-0.25, -0.2) is 0 Å². The molecule has 0 saturated carbocycles. The average Bonchev–Trinajstić information content (AvgIpc) is 3.21. The van der Waals surface area contributed by atoms with E-state index in [1.165, 1.54) is 64.2 Å². The van der Waals surface area contributed by atoms with Gasteiger partial charge in [0.1, 0.15) is 36.8 Å². The topological polar surface area (TPSA) is 186 Å². The molecule has 1 aliphatic heterocycles. The third kappa shape index (κ3) is 31.2. The van der Waals surface area contributed by atoms with Crippen LogP contribution in [0.1, 0.15) is 168 Å². The molecule has 2 unspecified atom stereocenters. The average molecular weight is 869 g/mol. The molecule has 12 nitrogen and oxygen atoms in total. The fraction of sp³-hybridized carbons (Fsp3) is 0.745. The van der Waals surface area contributed by atoms with Crippen molar-refractivity contribution in [1.82, 2.24) is 0 Å². The van der Waals surface area contributed by atoms with E-state index in [1.54, 1.807) is 0 Å². The van der Waals surface area contributed by atoms with Gasteiger partial charge in [0.25, 0.3) is 10.1 Å². The monoisotopic (exact) mass is 869 g/mol. The lowest BCUT2D eigenvalue weighted by atomic mass is 10.00. The van der Waals surface area contributed by atoms with E-state index < -0.39 is 71.2 Å². The number of esters is 2. The van der Waals surface area contributed by atoms with Gasteiger partial charge in [0.05, 0.1) is 6.61 Å². The quantitative estimate of drug-likeness (QED) is 0.0201. The molecule has 0 radical (unpaired) electrons. The third-order valence-electron chi connectivity index (χ3n) is 10.1. The number of rotatable bonds is 37. The van der Waals surface area contributed by atoms with E-state index in [2.05, 4.69) is 74.6 Å². The van der Waals surface area contributed by atoms with Crippen LogP contribution in [0.3, 0.4) is 0 Å². The summed E-state index contributed by atoms with van der Waals surface area (Å²) in [6.07, 6.45) is 35.5. The molecular formula is C47H80O12S. The van der Waals surface area contributed by atoms with E-state index in [-0.39, 0.29) is 19.4 Å². The van der Waals surface area contributed by atoms with Gasteiger partial charge >= 0.3 is 11.9 Å². The molecule has 0 aromatic carbocycles. The highest BCUT2D eigenvalue weighted by Gasteiger charge is 2.46. The van der Waals surface area contributed by atoms with Crippen molar-refractivity contribution in [3.05, 3.63) is 60.8 Å². The fourth-order valence-electron chi connectivity index (χ4n) is 6.48. The van der Waals surface area contributed by atoms with Crippen LogP contribution >= 0.6 is 0 Å². The van der Waals surface area contributed by atoms with Crippen LogP contribution in [-0.4, -0.2) is 96.0 Å². The van der Waals surface area contributed by atoms with Crippen molar-refractivity contribution in [2.75, 3.05) is 19.0 Å². The highest BCUT2D eigenvalue weighted by molar-refractivity contribution is 7.85. The number of carbonyl (C=O) groups is 2. The Labute approximate surface area is 362 Å². The van der Waals surface area contributed by atoms with Gasteiger partial charge in [-0.15, -0.1) is 0 Å². The fourth-order valence-corrected chi connectivity index (χ4v) is 7.18. The summed E-state index contributed by atoms with van der Waals surface area (Å²) in [4.78, 5) is 25.4. The number of aliphatic hydroxyl groups excluding tert-OH is 3. The number of carbonyl (C=O) groups excluding carboxylic acids is 2. The second kappa shape index (κ2) is 37.0. The summed E-state index contributed by atoms with van der Waals surface area (Å²) in [5.74, 6) is -2.06. The van der Waals surface area contributed by atoms with Gasteiger partial charge in [0.2, 0.25) is 0 Å². The van der Waals surface area contributed by atoms with Gasteiger partial charge in [-0.1, -0.05) is 139 Å². The predicted octanol–water partition coefficient (Wildman–Crippen LogP) is 9.34. The molecule has 0 aromatic heterocycles. The molecule has 6 atom stereocenters. The zero-order valence-corrected chi connectivity index (χ0v) is 37.6. The van der Waals surface area contributed by atoms with Crippen LogP contribution in [0.2, 0.25) is 0 Å². The minimum absolute atomic E-state index is 0.120. The molecule has 1 heterocycles. The van der Waals surface area contributed by atoms with Crippen LogP contribution in [0, 0.1) is 0 Å². The van der Waals surface area contributed by atoms with Gasteiger partial charge in [-0.05, 0) is 77.0 Å². The van der Waals surface area contributed by atoms with Crippen LogP contribution in [0.25, 0.3) is 0 Å². The summed E-state index contributed by atoms with van der Waals surface area (Å²) in [7, 11) is -4.61. The van der Waals surface area contributed by atoms with Crippen molar-refractivity contribution in [2.24, 2.45) is 0 Å². The molecule has 60 heavy (non-hydrogen) atoms. The van der Waals surface area contributed by atoms with Gasteiger partial charge in [0.15, 0.2) is 12.4 Å². The molecule has 0 aliphatic carbocycles. The smallest absolute Gasteiger partial charge is 0.306 e. The minimum atomic E-state index is -4.61. The van der Waals surface area contributed by atoms with E-state index in [9.17, 15) is 37.9 Å². The van der Waals surface area contributed by atoms with Crippen LogP contribution in [0.4, 0.5) is 0 Å². The van der Waals surface area contributed by atoms with Crippen molar-refractivity contribution < 1.29 is 56.8 Å². The first-order chi connectivity index (χ1) is 29.0. The molecule has 0 spiro atoms. The summed E-state index contributed by atoms with van der Waals surface area (Å²) < 4.78 is 54.0. The van der Waals surface area contributed by atoms with Crippen molar-refractivity contribution in [2.45, 2.75) is 205 Å². The first-order valence-electron chi connectivity index (χ1n) is 22.8. The molecule has 0 aromatic rings. The normalized spacial score (nSPS) is 20.7. The highest BCUT2D eigenvalue weighted by Crippen LogP contribution is 2.24. The Kier molecular flexibility index (Phi) is 34.1. The SMILES string of the molecule is CCC/C=C/C/C=C/C/C=C/C/C=C/CCCCCC(=O)O[C@H](COC(=O)CCCC/C=C/CCCCCCCCCCC)CO[C@H]1O[C@H](CS(=O)(=O)O)[C@@H](O)C(O)C1O. The van der Waals surface area contributed by atoms with Crippen LogP contribution in [0.5, 0.6) is 0 Å². The van der Waals surface area contributed by atoms with Gasteiger partial charge in [-0.3, -0.25) is 14.1 Å². The third-order valence-corrected chi connectivity index (χ3v) is 10.8. The molecule has 1 fully saturated rings. The summed E-state index contributed by atoms with van der Waals surface area (Å²) in [5, 5.41) is 30.9. The van der Waals surface area contributed by atoms with E-state index in [1.807, 2.05) is 0 Å². The Morgan fingerprint density at radius 1 is 0.567 bits per heavy atom. The Bertz CT molecular complexity index is 1340. The van der Waals surface area contributed by atoms with Gasteiger partial charge < -0.3 is 34.3 Å². The first-order valence-corrected chi connectivity index (χ1v) is 24.5. The number of ether oxygens (including phenoxy) is 4. The van der Waals surface area contributed by atoms with E-state index >= 15 is 0 Å². The van der Waals surface area contributed by atoms with E-state index in [0.717, 1.165) is 64.2 Å². The van der Waals surface area contributed by atoms with Gasteiger partial charge in [0, 0.05) is 12.8 Å². The number of aliphatic hydroxyl groups is 3. The number of allylic oxidation sites excluding steroid dienone is 10. The van der Waals surface area contributed by atoms with Crippen LogP contribution in [0.15, 0.2) is 60.8 Å². The summed E-state index contributed by atoms with van der Waals surface area (Å²) in [6.45, 7) is 3.64. The Morgan fingerprint density at radius 2 is 1.03 bits per heavy atom. The predicted molar refractivity (Wildman–Crippen MR) is 238 cm³/mol. The van der Waals surface area contributed by atoms with Crippen molar-refractivity contribution in [3.63, 3.8) is 0 Å². The van der Waals surface area contributed by atoms with E-state index in [0.29, 0.717) is 12.8 Å².